The van der Waals surface area contributed by atoms with Crippen LogP contribution in [0.4, 0.5) is 5.13 Å². The molecule has 1 atom stereocenters. The highest BCUT2D eigenvalue weighted by Crippen LogP contribution is 2.22. The van der Waals surface area contributed by atoms with E-state index in [-0.39, 0.29) is 0 Å². The maximum Gasteiger partial charge on any atom is 0.185 e. The third kappa shape index (κ3) is 4.80. The highest BCUT2D eigenvalue weighted by Gasteiger charge is 2.09. The van der Waals surface area contributed by atoms with Crippen LogP contribution in [-0.2, 0) is 13.0 Å². The van der Waals surface area contributed by atoms with Crippen molar-refractivity contribution in [1.29, 1.82) is 0 Å². The second-order valence-corrected chi connectivity index (χ2v) is 7.75. The van der Waals surface area contributed by atoms with Gasteiger partial charge in [-0.05, 0) is 46.2 Å². The van der Waals surface area contributed by atoms with E-state index in [2.05, 4.69) is 55.0 Å². The Kier molecular flexibility index (Phi) is 6.21. The van der Waals surface area contributed by atoms with Crippen LogP contribution in [0.1, 0.15) is 35.4 Å². The molecule has 1 N–H and O–H groups in total. The van der Waals surface area contributed by atoms with Crippen molar-refractivity contribution in [2.24, 2.45) is 0 Å². The standard InChI is InChI=1S/C16H25N3S2/c1-5-19(6-2)16-18-11-15(21-16)10-17-12(3)9-14-8-7-13(4)20-14/h7-8,11-12,17H,5-6,9-10H2,1-4H3. The van der Waals surface area contributed by atoms with Crippen molar-refractivity contribution in [2.75, 3.05) is 18.0 Å². The predicted molar refractivity (Wildman–Crippen MR) is 94.7 cm³/mol. The Balaban J connectivity index is 1.82. The number of aryl methyl sites for hydroxylation is 1. The van der Waals surface area contributed by atoms with Gasteiger partial charge >= 0.3 is 0 Å². The van der Waals surface area contributed by atoms with Gasteiger partial charge in [0.1, 0.15) is 0 Å². The van der Waals surface area contributed by atoms with Gasteiger partial charge in [0.15, 0.2) is 5.13 Å². The topological polar surface area (TPSA) is 28.2 Å². The summed E-state index contributed by atoms with van der Waals surface area (Å²) >= 11 is 3.69. The SMILES string of the molecule is CCN(CC)c1ncc(CNC(C)Cc2ccc(C)s2)s1. The van der Waals surface area contributed by atoms with Crippen molar-refractivity contribution >= 4 is 27.8 Å². The van der Waals surface area contributed by atoms with Crippen LogP contribution in [0.3, 0.4) is 0 Å². The lowest BCUT2D eigenvalue weighted by atomic mass is 10.2. The molecule has 0 saturated carbocycles. The summed E-state index contributed by atoms with van der Waals surface area (Å²) in [6.45, 7) is 11.7. The Hall–Kier alpha value is -0.910. The van der Waals surface area contributed by atoms with E-state index in [4.69, 9.17) is 0 Å². The molecule has 0 spiro atoms. The van der Waals surface area contributed by atoms with Crippen LogP contribution in [0.2, 0.25) is 0 Å². The zero-order valence-electron chi connectivity index (χ0n) is 13.3. The molecule has 0 aliphatic carbocycles. The quantitative estimate of drug-likeness (QED) is 0.793. The monoisotopic (exact) mass is 323 g/mol. The van der Waals surface area contributed by atoms with E-state index < -0.39 is 0 Å². The van der Waals surface area contributed by atoms with Gasteiger partial charge in [-0.3, -0.25) is 0 Å². The molecule has 0 amide bonds. The lowest BCUT2D eigenvalue weighted by molar-refractivity contribution is 0.552. The fourth-order valence-electron chi connectivity index (χ4n) is 2.26. The maximum atomic E-state index is 4.53. The zero-order chi connectivity index (χ0) is 15.2. The first kappa shape index (κ1) is 16.5. The molecule has 1 unspecified atom stereocenters. The van der Waals surface area contributed by atoms with Crippen molar-refractivity contribution in [3.8, 4) is 0 Å². The minimum absolute atomic E-state index is 0.488. The molecule has 2 aromatic heterocycles. The van der Waals surface area contributed by atoms with Gasteiger partial charge in [0.2, 0.25) is 0 Å². The molecule has 2 rings (SSSR count). The fraction of sp³-hybridized carbons (Fsp3) is 0.562. The van der Waals surface area contributed by atoms with Crippen molar-refractivity contribution in [1.82, 2.24) is 10.3 Å². The van der Waals surface area contributed by atoms with Gasteiger partial charge in [-0.1, -0.05) is 0 Å². The summed E-state index contributed by atoms with van der Waals surface area (Å²) in [5.41, 5.74) is 0. The Morgan fingerprint density at radius 1 is 1.19 bits per heavy atom. The average Bonchev–Trinajstić information content (AvgIpc) is 3.08. The lowest BCUT2D eigenvalue weighted by Gasteiger charge is -2.16. The van der Waals surface area contributed by atoms with E-state index in [0.29, 0.717) is 6.04 Å². The molecule has 2 aromatic rings. The summed E-state index contributed by atoms with van der Waals surface area (Å²) in [5, 5.41) is 4.74. The van der Waals surface area contributed by atoms with Crippen LogP contribution in [0.5, 0.6) is 0 Å². The number of nitrogens with one attached hydrogen (secondary N) is 1. The van der Waals surface area contributed by atoms with E-state index in [1.54, 1.807) is 11.3 Å². The normalized spacial score (nSPS) is 12.6. The number of thiazole rings is 1. The molecule has 0 saturated heterocycles. The highest BCUT2D eigenvalue weighted by atomic mass is 32.1. The first-order chi connectivity index (χ1) is 10.1. The van der Waals surface area contributed by atoms with Gasteiger partial charge in [-0.2, -0.15) is 0 Å². The van der Waals surface area contributed by atoms with Crippen LogP contribution in [0.25, 0.3) is 0 Å². The van der Waals surface area contributed by atoms with Crippen LogP contribution >= 0.6 is 22.7 Å². The summed E-state index contributed by atoms with van der Waals surface area (Å²) in [6.07, 6.45) is 3.10. The Labute approximate surface area is 136 Å². The maximum absolute atomic E-state index is 4.53. The molecular weight excluding hydrogens is 298 g/mol. The van der Waals surface area contributed by atoms with E-state index >= 15 is 0 Å². The number of thiophene rings is 1. The molecule has 3 nitrogen and oxygen atoms in total. The largest absolute Gasteiger partial charge is 0.349 e. The van der Waals surface area contributed by atoms with Gasteiger partial charge in [-0.15, -0.1) is 22.7 Å². The van der Waals surface area contributed by atoms with Crippen molar-refractivity contribution in [3.63, 3.8) is 0 Å². The average molecular weight is 324 g/mol. The van der Waals surface area contributed by atoms with Crippen LogP contribution in [0, 0.1) is 6.92 Å². The van der Waals surface area contributed by atoms with Crippen molar-refractivity contribution < 1.29 is 0 Å². The van der Waals surface area contributed by atoms with Gasteiger partial charge in [0.05, 0.1) is 0 Å². The third-order valence-corrected chi connectivity index (χ3v) is 5.58. The lowest BCUT2D eigenvalue weighted by Crippen LogP contribution is -2.26. The predicted octanol–water partition coefficient (Wildman–Crippen LogP) is 4.08. The fourth-order valence-corrected chi connectivity index (χ4v) is 4.27. The van der Waals surface area contributed by atoms with E-state index in [1.807, 2.05) is 17.5 Å². The van der Waals surface area contributed by atoms with Crippen LogP contribution < -0.4 is 10.2 Å². The molecule has 2 heterocycles. The van der Waals surface area contributed by atoms with E-state index in [1.165, 1.54) is 14.6 Å². The summed E-state index contributed by atoms with van der Waals surface area (Å²) in [7, 11) is 0. The Morgan fingerprint density at radius 3 is 2.57 bits per heavy atom. The van der Waals surface area contributed by atoms with Gasteiger partial charge in [0, 0.05) is 46.5 Å². The molecule has 0 fully saturated rings. The smallest absolute Gasteiger partial charge is 0.185 e. The summed E-state index contributed by atoms with van der Waals surface area (Å²) < 4.78 is 0. The number of hydrogen-bond donors (Lipinski definition) is 1. The third-order valence-electron chi connectivity index (χ3n) is 3.50. The molecular formula is C16H25N3S2. The zero-order valence-corrected chi connectivity index (χ0v) is 15.0. The molecule has 0 bridgehead atoms. The number of rotatable bonds is 8. The van der Waals surface area contributed by atoms with E-state index in [0.717, 1.165) is 31.2 Å². The minimum Gasteiger partial charge on any atom is -0.349 e. The Bertz CT molecular complexity index is 543. The second-order valence-electron chi connectivity index (χ2n) is 5.28. The molecule has 21 heavy (non-hydrogen) atoms. The first-order valence-corrected chi connectivity index (χ1v) is 9.24. The molecule has 0 aliphatic heterocycles. The van der Waals surface area contributed by atoms with Gasteiger partial charge < -0.3 is 10.2 Å². The van der Waals surface area contributed by atoms with Crippen LogP contribution in [0.15, 0.2) is 18.3 Å². The van der Waals surface area contributed by atoms with Crippen molar-refractivity contribution in [3.05, 3.63) is 33.0 Å². The van der Waals surface area contributed by atoms with Crippen molar-refractivity contribution in [2.45, 2.75) is 46.7 Å². The van der Waals surface area contributed by atoms with E-state index in [9.17, 15) is 0 Å². The summed E-state index contributed by atoms with van der Waals surface area (Å²) in [4.78, 5) is 11.0. The van der Waals surface area contributed by atoms with Gasteiger partial charge in [0.25, 0.3) is 0 Å². The second kappa shape index (κ2) is 7.92. The number of anilines is 1. The number of nitrogens with zero attached hydrogens (tertiary/aromatic N) is 2. The minimum atomic E-state index is 0.488. The number of aromatic nitrogens is 1. The molecule has 5 heteroatoms. The molecule has 0 aliphatic rings. The summed E-state index contributed by atoms with van der Waals surface area (Å²) in [5.74, 6) is 0. The molecule has 0 aromatic carbocycles. The number of hydrogen-bond acceptors (Lipinski definition) is 5. The van der Waals surface area contributed by atoms with Crippen LogP contribution in [-0.4, -0.2) is 24.1 Å². The first-order valence-electron chi connectivity index (χ1n) is 7.60. The molecule has 0 radical (unpaired) electrons. The molecule has 116 valence electrons. The highest BCUT2D eigenvalue weighted by molar-refractivity contribution is 7.15. The van der Waals surface area contributed by atoms with Gasteiger partial charge in [-0.25, -0.2) is 4.98 Å². The summed E-state index contributed by atoms with van der Waals surface area (Å²) in [6, 6.07) is 4.93. The Morgan fingerprint density at radius 2 is 1.95 bits per heavy atom.